The van der Waals surface area contributed by atoms with Crippen molar-refractivity contribution in [3.63, 3.8) is 0 Å². The predicted octanol–water partition coefficient (Wildman–Crippen LogP) is 2.75. The summed E-state index contributed by atoms with van der Waals surface area (Å²) in [6, 6.07) is 13.9. The Morgan fingerprint density at radius 3 is 2.19 bits per heavy atom. The zero-order valence-corrected chi connectivity index (χ0v) is 15.4. The molecular weight excluding hydrogens is 368 g/mol. The molecule has 140 valence electrons. The average Bonchev–Trinajstić information content (AvgIpc) is 2.63. The van der Waals surface area contributed by atoms with Gasteiger partial charge in [-0.15, -0.1) is 0 Å². The summed E-state index contributed by atoms with van der Waals surface area (Å²) in [5.74, 6) is -2.13. The van der Waals surface area contributed by atoms with Crippen LogP contribution in [-0.4, -0.2) is 17.7 Å². The first kappa shape index (κ1) is 20.0. The molecule has 0 atom stereocenters. The Bertz CT molecular complexity index is 883. The molecule has 7 nitrogen and oxygen atoms in total. The van der Waals surface area contributed by atoms with Crippen LogP contribution in [0.3, 0.4) is 0 Å². The Hall–Kier alpha value is -3.32. The summed E-state index contributed by atoms with van der Waals surface area (Å²) in [5, 5.41) is 5.53. The SMILES string of the molecule is C=C(CC(=O)Nc1ccccc1Cl)NNC(=O)C(=O)Nc1ccccc1C. The maximum atomic E-state index is 12.0. The first-order chi connectivity index (χ1) is 12.9. The second-order valence-electron chi connectivity index (χ2n) is 5.66. The molecule has 0 saturated heterocycles. The predicted molar refractivity (Wildman–Crippen MR) is 105 cm³/mol. The molecule has 0 aliphatic rings. The highest BCUT2D eigenvalue weighted by Gasteiger charge is 2.15. The van der Waals surface area contributed by atoms with Gasteiger partial charge >= 0.3 is 11.8 Å². The Balaban J connectivity index is 1.78. The van der Waals surface area contributed by atoms with E-state index in [-0.39, 0.29) is 18.0 Å². The number of benzene rings is 2. The van der Waals surface area contributed by atoms with Crippen LogP contribution >= 0.6 is 11.6 Å². The summed E-state index contributed by atoms with van der Waals surface area (Å²) in [4.78, 5) is 35.7. The number of para-hydroxylation sites is 2. The minimum atomic E-state index is -0.911. The van der Waals surface area contributed by atoms with Crippen LogP contribution in [0.2, 0.25) is 5.02 Å². The van der Waals surface area contributed by atoms with E-state index in [0.29, 0.717) is 16.4 Å². The molecule has 27 heavy (non-hydrogen) atoms. The molecule has 0 aliphatic carbocycles. The van der Waals surface area contributed by atoms with Gasteiger partial charge in [0.2, 0.25) is 5.91 Å². The quantitative estimate of drug-likeness (QED) is 0.453. The van der Waals surface area contributed by atoms with Crippen LogP contribution in [-0.2, 0) is 14.4 Å². The fourth-order valence-corrected chi connectivity index (χ4v) is 2.27. The molecular formula is C19H19ClN4O3. The summed E-state index contributed by atoms with van der Waals surface area (Å²) in [7, 11) is 0. The number of hydrazine groups is 1. The van der Waals surface area contributed by atoms with Crippen molar-refractivity contribution in [2.75, 3.05) is 10.6 Å². The van der Waals surface area contributed by atoms with E-state index in [1.165, 1.54) is 0 Å². The zero-order chi connectivity index (χ0) is 19.8. The standard InChI is InChI=1S/C19H19ClN4O3/c1-12-7-3-5-9-15(12)22-18(26)19(27)24-23-13(2)11-17(25)21-16-10-6-4-8-14(16)20/h3-10,23H,2,11H2,1H3,(H,21,25)(H,22,26)(H,24,27). The molecule has 8 heteroatoms. The van der Waals surface area contributed by atoms with Crippen molar-refractivity contribution in [1.82, 2.24) is 10.9 Å². The number of carbonyl (C=O) groups excluding carboxylic acids is 3. The molecule has 0 radical (unpaired) electrons. The van der Waals surface area contributed by atoms with Gasteiger partial charge in [0.05, 0.1) is 17.1 Å². The average molecular weight is 387 g/mol. The van der Waals surface area contributed by atoms with E-state index in [1.807, 2.05) is 19.1 Å². The summed E-state index contributed by atoms with van der Waals surface area (Å²) in [5.41, 5.74) is 6.68. The summed E-state index contributed by atoms with van der Waals surface area (Å²) < 4.78 is 0. The van der Waals surface area contributed by atoms with Crippen molar-refractivity contribution in [3.8, 4) is 0 Å². The van der Waals surface area contributed by atoms with Gasteiger partial charge in [-0.25, -0.2) is 0 Å². The maximum absolute atomic E-state index is 12.0. The Labute approximate surface area is 161 Å². The molecule has 2 rings (SSSR count). The Morgan fingerprint density at radius 2 is 1.52 bits per heavy atom. The van der Waals surface area contributed by atoms with Gasteiger partial charge in [-0.3, -0.25) is 19.8 Å². The Kier molecular flexibility index (Phi) is 6.96. The van der Waals surface area contributed by atoms with Crippen molar-refractivity contribution in [3.05, 3.63) is 71.4 Å². The van der Waals surface area contributed by atoms with E-state index in [4.69, 9.17) is 11.6 Å². The van der Waals surface area contributed by atoms with Crippen molar-refractivity contribution < 1.29 is 14.4 Å². The van der Waals surface area contributed by atoms with Gasteiger partial charge in [0, 0.05) is 11.4 Å². The molecule has 0 heterocycles. The highest BCUT2D eigenvalue weighted by Crippen LogP contribution is 2.20. The number of nitrogens with one attached hydrogen (secondary N) is 4. The highest BCUT2D eigenvalue weighted by atomic mass is 35.5. The first-order valence-corrected chi connectivity index (χ1v) is 8.39. The lowest BCUT2D eigenvalue weighted by molar-refractivity contribution is -0.136. The third kappa shape index (κ3) is 6.16. The van der Waals surface area contributed by atoms with Crippen LogP contribution in [0.15, 0.2) is 60.8 Å². The second-order valence-corrected chi connectivity index (χ2v) is 6.06. The molecule has 0 aromatic heterocycles. The van der Waals surface area contributed by atoms with E-state index in [9.17, 15) is 14.4 Å². The number of carbonyl (C=O) groups is 3. The fraction of sp³-hybridized carbons (Fsp3) is 0.105. The number of hydrogen-bond acceptors (Lipinski definition) is 4. The fourth-order valence-electron chi connectivity index (χ4n) is 2.09. The minimum absolute atomic E-state index is 0.120. The number of amides is 3. The highest BCUT2D eigenvalue weighted by molar-refractivity contribution is 6.39. The van der Waals surface area contributed by atoms with Gasteiger partial charge in [-0.05, 0) is 30.7 Å². The van der Waals surface area contributed by atoms with E-state index < -0.39 is 11.8 Å². The third-order valence-corrected chi connectivity index (χ3v) is 3.80. The zero-order valence-electron chi connectivity index (χ0n) is 14.6. The van der Waals surface area contributed by atoms with E-state index >= 15 is 0 Å². The largest absolute Gasteiger partial charge is 0.327 e. The lowest BCUT2D eigenvalue weighted by Crippen LogP contribution is -2.43. The van der Waals surface area contributed by atoms with Gasteiger partial charge in [0.15, 0.2) is 0 Å². The number of anilines is 2. The van der Waals surface area contributed by atoms with Crippen LogP contribution in [0.25, 0.3) is 0 Å². The van der Waals surface area contributed by atoms with Crippen molar-refractivity contribution >= 4 is 40.7 Å². The van der Waals surface area contributed by atoms with Crippen LogP contribution in [0.5, 0.6) is 0 Å². The summed E-state index contributed by atoms with van der Waals surface area (Å²) >= 11 is 5.97. The molecule has 2 aromatic rings. The molecule has 4 N–H and O–H groups in total. The molecule has 0 saturated carbocycles. The van der Waals surface area contributed by atoms with Gasteiger partial charge in [0.1, 0.15) is 0 Å². The first-order valence-electron chi connectivity index (χ1n) is 8.02. The van der Waals surface area contributed by atoms with E-state index in [1.54, 1.807) is 36.4 Å². The van der Waals surface area contributed by atoms with Crippen molar-refractivity contribution in [1.29, 1.82) is 0 Å². The van der Waals surface area contributed by atoms with E-state index in [0.717, 1.165) is 5.56 Å². The third-order valence-electron chi connectivity index (χ3n) is 3.47. The Morgan fingerprint density at radius 1 is 0.889 bits per heavy atom. The van der Waals surface area contributed by atoms with Gasteiger partial charge in [0.25, 0.3) is 0 Å². The molecule has 0 unspecified atom stereocenters. The number of rotatable bonds is 6. The number of aryl methyl sites for hydroxylation is 1. The molecule has 0 aliphatic heterocycles. The topological polar surface area (TPSA) is 99.3 Å². The van der Waals surface area contributed by atoms with E-state index in [2.05, 4.69) is 28.1 Å². The lowest BCUT2D eigenvalue weighted by atomic mass is 10.2. The van der Waals surface area contributed by atoms with Crippen LogP contribution in [0, 0.1) is 6.92 Å². The summed E-state index contributed by atoms with van der Waals surface area (Å²) in [6.45, 7) is 5.45. The molecule has 0 bridgehead atoms. The van der Waals surface area contributed by atoms with Gasteiger partial charge in [-0.2, -0.15) is 0 Å². The van der Waals surface area contributed by atoms with Crippen LogP contribution in [0.4, 0.5) is 11.4 Å². The normalized spacial score (nSPS) is 9.85. The molecule has 0 fully saturated rings. The smallest absolute Gasteiger partial charge is 0.324 e. The lowest BCUT2D eigenvalue weighted by Gasteiger charge is -2.12. The van der Waals surface area contributed by atoms with Crippen LogP contribution in [0.1, 0.15) is 12.0 Å². The molecule has 3 amide bonds. The van der Waals surface area contributed by atoms with Crippen LogP contribution < -0.4 is 21.5 Å². The van der Waals surface area contributed by atoms with Crippen molar-refractivity contribution in [2.45, 2.75) is 13.3 Å². The maximum Gasteiger partial charge on any atom is 0.327 e. The molecule has 0 spiro atoms. The second kappa shape index (κ2) is 9.40. The van der Waals surface area contributed by atoms with Crippen molar-refractivity contribution in [2.24, 2.45) is 0 Å². The van der Waals surface area contributed by atoms with Gasteiger partial charge < -0.3 is 16.1 Å². The molecule has 2 aromatic carbocycles. The number of halogens is 1. The van der Waals surface area contributed by atoms with Gasteiger partial charge in [-0.1, -0.05) is 48.5 Å². The summed E-state index contributed by atoms with van der Waals surface area (Å²) in [6.07, 6.45) is -0.120. The number of hydrogen-bond donors (Lipinski definition) is 4. The monoisotopic (exact) mass is 386 g/mol. The minimum Gasteiger partial charge on any atom is -0.324 e.